The maximum atomic E-state index is 11.8. The van der Waals surface area contributed by atoms with Crippen molar-refractivity contribution >= 4 is 17.9 Å². The van der Waals surface area contributed by atoms with E-state index in [1.54, 1.807) is 20.8 Å². The molecular weight excluding hydrogens is 288 g/mol. The van der Waals surface area contributed by atoms with Gasteiger partial charge in [-0.15, -0.1) is 0 Å². The average Bonchev–Trinajstić information content (AvgIpc) is 2.47. The maximum Gasteiger partial charge on any atom is 0.320 e. The highest BCUT2D eigenvalue weighted by Crippen LogP contribution is 2.15. The zero-order valence-electron chi connectivity index (χ0n) is 13.9. The number of hydrogen-bond acceptors (Lipinski definition) is 6. The maximum absolute atomic E-state index is 11.8. The molecule has 0 radical (unpaired) electrons. The number of rotatable bonds is 12. The Morgan fingerprint density at radius 1 is 0.727 bits per heavy atom. The van der Waals surface area contributed by atoms with Gasteiger partial charge in [-0.25, -0.2) is 0 Å². The van der Waals surface area contributed by atoms with Crippen molar-refractivity contribution in [1.29, 1.82) is 0 Å². The van der Waals surface area contributed by atoms with Crippen molar-refractivity contribution in [3.05, 3.63) is 0 Å². The van der Waals surface area contributed by atoms with Gasteiger partial charge in [0.05, 0.1) is 19.8 Å². The van der Waals surface area contributed by atoms with Gasteiger partial charge >= 0.3 is 17.9 Å². The minimum Gasteiger partial charge on any atom is -0.466 e. The first kappa shape index (κ1) is 20.4. The van der Waals surface area contributed by atoms with E-state index in [9.17, 15) is 14.4 Å². The lowest BCUT2D eigenvalue weighted by atomic mass is 10.0. The second-order valence-corrected chi connectivity index (χ2v) is 4.81. The number of hydrogen-bond donors (Lipinski definition) is 0. The van der Waals surface area contributed by atoms with Crippen LogP contribution in [-0.2, 0) is 28.6 Å². The predicted octanol–water partition coefficient (Wildman–Crippen LogP) is 2.63. The van der Waals surface area contributed by atoms with Crippen LogP contribution < -0.4 is 0 Å². The molecular formula is C16H28O6. The summed E-state index contributed by atoms with van der Waals surface area (Å²) >= 11 is 0. The summed E-state index contributed by atoms with van der Waals surface area (Å²) in [5.41, 5.74) is 0. The Kier molecular flexibility index (Phi) is 12.2. The van der Waals surface area contributed by atoms with Crippen LogP contribution in [0.15, 0.2) is 0 Å². The van der Waals surface area contributed by atoms with Crippen LogP contribution in [0, 0.1) is 5.92 Å². The molecule has 6 heteroatoms. The Morgan fingerprint density at radius 3 is 1.73 bits per heavy atom. The molecule has 0 aromatic heterocycles. The van der Waals surface area contributed by atoms with Crippen molar-refractivity contribution in [2.75, 3.05) is 19.8 Å². The molecule has 0 aliphatic heterocycles. The van der Waals surface area contributed by atoms with Crippen molar-refractivity contribution in [2.45, 2.75) is 59.3 Å². The fourth-order valence-corrected chi connectivity index (χ4v) is 2.02. The lowest BCUT2D eigenvalue weighted by Crippen LogP contribution is -2.28. The van der Waals surface area contributed by atoms with Gasteiger partial charge in [0.1, 0.15) is 0 Å². The highest BCUT2D eigenvalue weighted by atomic mass is 16.6. The van der Waals surface area contributed by atoms with Crippen LogP contribution in [0.2, 0.25) is 0 Å². The number of carbonyl (C=O) groups excluding carboxylic acids is 3. The fraction of sp³-hybridized carbons (Fsp3) is 0.812. The summed E-state index contributed by atoms with van der Waals surface area (Å²) in [5.74, 6) is -2.07. The van der Waals surface area contributed by atoms with Gasteiger partial charge in [-0.05, 0) is 33.6 Å². The summed E-state index contributed by atoms with van der Waals surface area (Å²) in [6, 6.07) is 0. The summed E-state index contributed by atoms with van der Waals surface area (Å²) in [5, 5.41) is 0. The van der Waals surface area contributed by atoms with Gasteiger partial charge in [0, 0.05) is 6.42 Å². The SMILES string of the molecule is CCOC(=O)CCCCCCC(C(=O)OCC)C(=O)OCC. The van der Waals surface area contributed by atoms with E-state index >= 15 is 0 Å². The van der Waals surface area contributed by atoms with Crippen molar-refractivity contribution in [3.63, 3.8) is 0 Å². The molecule has 6 nitrogen and oxygen atoms in total. The van der Waals surface area contributed by atoms with Crippen molar-refractivity contribution in [1.82, 2.24) is 0 Å². The Balaban J connectivity index is 4.00. The first-order chi connectivity index (χ1) is 10.6. The first-order valence-corrected chi connectivity index (χ1v) is 8.05. The third-order valence-electron chi connectivity index (χ3n) is 3.07. The van der Waals surface area contributed by atoms with Gasteiger partial charge in [-0.1, -0.05) is 19.3 Å². The van der Waals surface area contributed by atoms with Crippen molar-refractivity contribution in [3.8, 4) is 0 Å². The van der Waals surface area contributed by atoms with Crippen molar-refractivity contribution in [2.24, 2.45) is 5.92 Å². The molecule has 0 unspecified atom stereocenters. The molecule has 0 fully saturated rings. The van der Waals surface area contributed by atoms with E-state index in [-0.39, 0.29) is 19.2 Å². The van der Waals surface area contributed by atoms with Crippen LogP contribution in [0.5, 0.6) is 0 Å². The monoisotopic (exact) mass is 316 g/mol. The molecule has 0 bridgehead atoms. The van der Waals surface area contributed by atoms with E-state index in [1.807, 2.05) is 0 Å². The Bertz CT molecular complexity index is 322. The van der Waals surface area contributed by atoms with Gasteiger partial charge in [0.15, 0.2) is 5.92 Å². The molecule has 0 aromatic carbocycles. The largest absolute Gasteiger partial charge is 0.466 e. The van der Waals surface area contributed by atoms with Gasteiger partial charge in [0.25, 0.3) is 0 Å². The zero-order chi connectivity index (χ0) is 16.8. The fourth-order valence-electron chi connectivity index (χ4n) is 2.02. The van der Waals surface area contributed by atoms with E-state index < -0.39 is 17.9 Å². The highest BCUT2D eigenvalue weighted by Gasteiger charge is 2.28. The van der Waals surface area contributed by atoms with Crippen LogP contribution >= 0.6 is 0 Å². The summed E-state index contributed by atoms with van der Waals surface area (Å²) in [4.78, 5) is 34.7. The summed E-state index contributed by atoms with van der Waals surface area (Å²) < 4.78 is 14.7. The van der Waals surface area contributed by atoms with Crippen LogP contribution in [-0.4, -0.2) is 37.7 Å². The van der Waals surface area contributed by atoms with Gasteiger partial charge in [-0.3, -0.25) is 14.4 Å². The van der Waals surface area contributed by atoms with E-state index in [0.717, 1.165) is 19.3 Å². The van der Waals surface area contributed by atoms with Crippen LogP contribution in [0.1, 0.15) is 59.3 Å². The highest BCUT2D eigenvalue weighted by molar-refractivity contribution is 5.94. The Morgan fingerprint density at radius 2 is 1.23 bits per heavy atom. The second kappa shape index (κ2) is 13.1. The quantitative estimate of drug-likeness (QED) is 0.238. The number of ether oxygens (including phenoxy) is 3. The molecule has 0 spiro atoms. The molecule has 128 valence electrons. The van der Waals surface area contributed by atoms with Crippen molar-refractivity contribution < 1.29 is 28.6 Å². The molecule has 0 aromatic rings. The molecule has 0 amide bonds. The summed E-state index contributed by atoms with van der Waals surface area (Å²) in [7, 11) is 0. The minimum absolute atomic E-state index is 0.182. The lowest BCUT2D eigenvalue weighted by Gasteiger charge is -2.14. The Labute approximate surface area is 132 Å². The van der Waals surface area contributed by atoms with Gasteiger partial charge < -0.3 is 14.2 Å². The number of unbranched alkanes of at least 4 members (excludes halogenated alkanes) is 3. The third-order valence-corrected chi connectivity index (χ3v) is 3.07. The zero-order valence-corrected chi connectivity index (χ0v) is 13.9. The van der Waals surface area contributed by atoms with E-state index in [2.05, 4.69) is 0 Å². The topological polar surface area (TPSA) is 78.9 Å². The number of carbonyl (C=O) groups is 3. The molecule has 0 rings (SSSR count). The van der Waals surface area contributed by atoms with E-state index in [4.69, 9.17) is 14.2 Å². The van der Waals surface area contributed by atoms with E-state index in [0.29, 0.717) is 25.9 Å². The summed E-state index contributed by atoms with van der Waals surface area (Å²) in [6.07, 6.45) is 3.99. The lowest BCUT2D eigenvalue weighted by molar-refractivity contribution is -0.162. The third kappa shape index (κ3) is 9.37. The molecule has 0 N–H and O–H groups in total. The van der Waals surface area contributed by atoms with Gasteiger partial charge in [-0.2, -0.15) is 0 Å². The average molecular weight is 316 g/mol. The summed E-state index contributed by atoms with van der Waals surface area (Å²) in [6.45, 7) is 6.08. The Hall–Kier alpha value is -1.59. The second-order valence-electron chi connectivity index (χ2n) is 4.81. The minimum atomic E-state index is -0.843. The van der Waals surface area contributed by atoms with Crippen LogP contribution in [0.4, 0.5) is 0 Å². The van der Waals surface area contributed by atoms with E-state index in [1.165, 1.54) is 0 Å². The molecule has 0 heterocycles. The normalized spacial score (nSPS) is 10.4. The van der Waals surface area contributed by atoms with Crippen LogP contribution in [0.3, 0.4) is 0 Å². The molecule has 22 heavy (non-hydrogen) atoms. The molecule has 0 saturated carbocycles. The smallest absolute Gasteiger partial charge is 0.320 e. The number of esters is 3. The standard InChI is InChI=1S/C16H28O6/c1-4-20-14(17)12-10-8-7-9-11-13(15(18)21-5-2)16(19)22-6-3/h13H,4-12H2,1-3H3. The molecule has 0 aliphatic rings. The first-order valence-electron chi connectivity index (χ1n) is 8.05. The molecule has 0 saturated heterocycles. The predicted molar refractivity (Wildman–Crippen MR) is 81.1 cm³/mol. The molecule has 0 atom stereocenters. The van der Waals surface area contributed by atoms with Gasteiger partial charge in [0.2, 0.25) is 0 Å². The molecule has 0 aliphatic carbocycles. The van der Waals surface area contributed by atoms with Crippen LogP contribution in [0.25, 0.3) is 0 Å².